The average Bonchev–Trinajstić information content (AvgIpc) is 2.40. The molecule has 0 bridgehead atoms. The fourth-order valence-corrected chi connectivity index (χ4v) is 2.05. The second-order valence-electron chi connectivity index (χ2n) is 4.44. The Balaban J connectivity index is 2.33. The van der Waals surface area contributed by atoms with Gasteiger partial charge in [-0.1, -0.05) is 12.1 Å². The number of methoxy groups -OCH3 is 1. The van der Waals surface area contributed by atoms with E-state index in [2.05, 4.69) is 0 Å². The van der Waals surface area contributed by atoms with Crippen LogP contribution in [-0.4, -0.2) is 12.2 Å². The summed E-state index contributed by atoms with van der Waals surface area (Å²) in [6.07, 6.45) is -2.02. The summed E-state index contributed by atoms with van der Waals surface area (Å²) in [5.74, 6) is -4.29. The summed E-state index contributed by atoms with van der Waals surface area (Å²) >= 11 is 0. The van der Waals surface area contributed by atoms with Crippen molar-refractivity contribution in [3.05, 3.63) is 64.7 Å². The van der Waals surface area contributed by atoms with Gasteiger partial charge in [-0.3, -0.25) is 0 Å². The fourth-order valence-electron chi connectivity index (χ4n) is 2.05. The van der Waals surface area contributed by atoms with Gasteiger partial charge in [-0.05, 0) is 11.6 Å². The van der Waals surface area contributed by atoms with Gasteiger partial charge in [0.2, 0.25) is 0 Å². The van der Waals surface area contributed by atoms with E-state index in [4.69, 9.17) is 4.74 Å². The minimum absolute atomic E-state index is 0.0324. The first-order chi connectivity index (χ1) is 9.93. The fraction of sp³-hybridized carbons (Fsp3) is 0.200. The summed E-state index contributed by atoms with van der Waals surface area (Å²) in [7, 11) is 1.28. The Labute approximate surface area is 118 Å². The molecule has 112 valence electrons. The number of aliphatic hydroxyl groups is 1. The highest BCUT2D eigenvalue weighted by Crippen LogP contribution is 2.28. The lowest BCUT2D eigenvalue weighted by atomic mass is 9.99. The number of rotatable bonds is 4. The molecule has 0 aliphatic carbocycles. The predicted molar refractivity (Wildman–Crippen MR) is 67.9 cm³/mol. The van der Waals surface area contributed by atoms with E-state index < -0.39 is 34.9 Å². The molecule has 21 heavy (non-hydrogen) atoms. The predicted octanol–water partition coefficient (Wildman–Crippen LogP) is 3.53. The largest absolute Gasteiger partial charge is 0.494 e. The maximum Gasteiger partial charge on any atom is 0.168 e. The van der Waals surface area contributed by atoms with Crippen molar-refractivity contribution < 1.29 is 27.4 Å². The van der Waals surface area contributed by atoms with E-state index in [1.54, 1.807) is 0 Å². The maximum atomic E-state index is 13.9. The van der Waals surface area contributed by atoms with Gasteiger partial charge >= 0.3 is 0 Å². The van der Waals surface area contributed by atoms with Crippen molar-refractivity contribution >= 4 is 0 Å². The standard InChI is InChI=1S/C15H12F4O2/c1-21-13-4-2-3-8(15(13)19)5-12(20)14-10(17)6-9(16)7-11(14)18/h2-4,6-7,12,20H,5H2,1H3. The van der Waals surface area contributed by atoms with Gasteiger partial charge in [0.05, 0.1) is 18.8 Å². The summed E-state index contributed by atoms with van der Waals surface area (Å²) in [6, 6.07) is 5.15. The molecule has 1 unspecified atom stereocenters. The molecular weight excluding hydrogens is 288 g/mol. The summed E-state index contributed by atoms with van der Waals surface area (Å²) in [5, 5.41) is 9.90. The second-order valence-corrected chi connectivity index (χ2v) is 4.44. The Hall–Kier alpha value is -2.08. The summed E-state index contributed by atoms with van der Waals surface area (Å²) in [5.41, 5.74) is -0.663. The minimum atomic E-state index is -1.65. The molecule has 0 radical (unpaired) electrons. The van der Waals surface area contributed by atoms with E-state index in [0.29, 0.717) is 12.1 Å². The van der Waals surface area contributed by atoms with Gasteiger partial charge in [0.1, 0.15) is 17.5 Å². The molecule has 2 nitrogen and oxygen atoms in total. The molecule has 2 aromatic carbocycles. The summed E-state index contributed by atoms with van der Waals surface area (Å²) < 4.78 is 58.6. The maximum absolute atomic E-state index is 13.9. The van der Waals surface area contributed by atoms with Gasteiger partial charge < -0.3 is 9.84 Å². The van der Waals surface area contributed by atoms with E-state index in [1.807, 2.05) is 0 Å². The highest BCUT2D eigenvalue weighted by atomic mass is 19.1. The number of benzene rings is 2. The normalized spacial score (nSPS) is 12.3. The molecule has 6 heteroatoms. The second kappa shape index (κ2) is 6.13. The van der Waals surface area contributed by atoms with Crippen LogP contribution < -0.4 is 4.74 Å². The van der Waals surface area contributed by atoms with Crippen molar-refractivity contribution in [3.8, 4) is 5.75 Å². The van der Waals surface area contributed by atoms with Crippen LogP contribution in [0, 0.1) is 23.3 Å². The smallest absolute Gasteiger partial charge is 0.168 e. The number of hydrogen-bond donors (Lipinski definition) is 1. The summed E-state index contributed by atoms with van der Waals surface area (Å²) in [6.45, 7) is 0. The zero-order valence-electron chi connectivity index (χ0n) is 11.0. The highest BCUT2D eigenvalue weighted by molar-refractivity contribution is 5.33. The molecule has 0 aliphatic heterocycles. The lowest BCUT2D eigenvalue weighted by Crippen LogP contribution is -2.09. The van der Waals surface area contributed by atoms with Crippen LogP contribution in [-0.2, 0) is 6.42 Å². The molecule has 0 heterocycles. The first-order valence-corrected chi connectivity index (χ1v) is 6.08. The van der Waals surface area contributed by atoms with Crippen LogP contribution in [0.2, 0.25) is 0 Å². The van der Waals surface area contributed by atoms with Crippen LogP contribution in [0.15, 0.2) is 30.3 Å². The molecule has 0 aliphatic rings. The van der Waals surface area contributed by atoms with E-state index in [-0.39, 0.29) is 17.7 Å². The van der Waals surface area contributed by atoms with Gasteiger partial charge in [0.25, 0.3) is 0 Å². The van der Waals surface area contributed by atoms with Crippen LogP contribution >= 0.6 is 0 Å². The third kappa shape index (κ3) is 3.16. The van der Waals surface area contributed by atoms with Crippen molar-refractivity contribution in [3.63, 3.8) is 0 Å². The van der Waals surface area contributed by atoms with Gasteiger partial charge in [0.15, 0.2) is 11.6 Å². The lowest BCUT2D eigenvalue weighted by Gasteiger charge is -2.14. The van der Waals surface area contributed by atoms with Gasteiger partial charge in [-0.2, -0.15) is 0 Å². The molecule has 0 saturated heterocycles. The molecule has 2 rings (SSSR count). The van der Waals surface area contributed by atoms with Gasteiger partial charge in [0, 0.05) is 18.6 Å². The quantitative estimate of drug-likeness (QED) is 0.875. The Bertz CT molecular complexity index is 635. The highest BCUT2D eigenvalue weighted by Gasteiger charge is 2.21. The van der Waals surface area contributed by atoms with Crippen molar-refractivity contribution in [1.82, 2.24) is 0 Å². The Morgan fingerprint density at radius 2 is 1.71 bits per heavy atom. The molecule has 0 saturated carbocycles. The van der Waals surface area contributed by atoms with Gasteiger partial charge in [-0.15, -0.1) is 0 Å². The zero-order valence-corrected chi connectivity index (χ0v) is 11.0. The summed E-state index contributed by atoms with van der Waals surface area (Å²) in [4.78, 5) is 0. The molecule has 2 aromatic rings. The Morgan fingerprint density at radius 3 is 2.29 bits per heavy atom. The van der Waals surface area contributed by atoms with E-state index >= 15 is 0 Å². The molecule has 1 N–H and O–H groups in total. The SMILES string of the molecule is COc1cccc(CC(O)c2c(F)cc(F)cc2F)c1F. The first-order valence-electron chi connectivity index (χ1n) is 6.08. The van der Waals surface area contributed by atoms with Crippen LogP contribution in [0.4, 0.5) is 17.6 Å². The van der Waals surface area contributed by atoms with E-state index in [1.165, 1.54) is 25.3 Å². The topological polar surface area (TPSA) is 29.5 Å². The zero-order chi connectivity index (χ0) is 15.6. The lowest BCUT2D eigenvalue weighted by molar-refractivity contribution is 0.166. The van der Waals surface area contributed by atoms with Crippen molar-refractivity contribution in [2.75, 3.05) is 7.11 Å². The first kappa shape index (κ1) is 15.3. The monoisotopic (exact) mass is 300 g/mol. The van der Waals surface area contributed by atoms with Crippen LogP contribution in [0.5, 0.6) is 5.75 Å². The van der Waals surface area contributed by atoms with Crippen LogP contribution in [0.25, 0.3) is 0 Å². The molecule has 1 atom stereocenters. The molecule has 0 fully saturated rings. The van der Waals surface area contributed by atoms with Crippen molar-refractivity contribution in [2.24, 2.45) is 0 Å². The van der Waals surface area contributed by atoms with Crippen LogP contribution in [0.3, 0.4) is 0 Å². The minimum Gasteiger partial charge on any atom is -0.494 e. The average molecular weight is 300 g/mol. The molecule has 0 spiro atoms. The third-order valence-corrected chi connectivity index (χ3v) is 3.05. The third-order valence-electron chi connectivity index (χ3n) is 3.05. The van der Waals surface area contributed by atoms with Gasteiger partial charge in [-0.25, -0.2) is 17.6 Å². The van der Waals surface area contributed by atoms with Crippen molar-refractivity contribution in [2.45, 2.75) is 12.5 Å². The van der Waals surface area contributed by atoms with E-state index in [9.17, 15) is 22.7 Å². The number of hydrogen-bond acceptors (Lipinski definition) is 2. The molecule has 0 amide bonds. The van der Waals surface area contributed by atoms with E-state index in [0.717, 1.165) is 0 Å². The Kier molecular flexibility index (Phi) is 4.47. The Morgan fingerprint density at radius 1 is 1.10 bits per heavy atom. The van der Waals surface area contributed by atoms with Crippen molar-refractivity contribution in [1.29, 1.82) is 0 Å². The number of halogens is 4. The number of ether oxygens (including phenoxy) is 1. The molecular formula is C15H12F4O2. The number of aliphatic hydroxyl groups excluding tert-OH is 1. The molecule has 0 aromatic heterocycles. The van der Waals surface area contributed by atoms with Crippen LogP contribution in [0.1, 0.15) is 17.2 Å².